The van der Waals surface area contributed by atoms with Crippen LogP contribution >= 0.6 is 0 Å². The van der Waals surface area contributed by atoms with Gasteiger partial charge in [0.2, 0.25) is 10.0 Å². The molecule has 1 aromatic heterocycles. The highest BCUT2D eigenvalue weighted by Crippen LogP contribution is 2.16. The Morgan fingerprint density at radius 3 is 2.88 bits per heavy atom. The van der Waals surface area contributed by atoms with Gasteiger partial charge < -0.3 is 9.67 Å². The second kappa shape index (κ2) is 6.93. The van der Waals surface area contributed by atoms with E-state index in [1.54, 1.807) is 0 Å². The molecule has 2 aromatic rings. The number of aromatic carboxylic acids is 1. The molecule has 9 heteroatoms. The van der Waals surface area contributed by atoms with Gasteiger partial charge in [-0.2, -0.15) is 0 Å². The van der Waals surface area contributed by atoms with Crippen molar-refractivity contribution in [3.63, 3.8) is 0 Å². The monoisotopic (exact) mass is 367 g/mol. The van der Waals surface area contributed by atoms with Crippen LogP contribution in [0.25, 0.3) is 0 Å². The predicted octanol–water partition coefficient (Wildman–Crippen LogP) is 1.58. The zero-order chi connectivity index (χ0) is 18.0. The lowest BCUT2D eigenvalue weighted by atomic mass is 10.2. The number of aryl methyl sites for hydroxylation is 2. The number of hydrogen-bond donors (Lipinski definition) is 2. The quantitative estimate of drug-likeness (QED) is 0.807. The number of benzene rings is 1. The first kappa shape index (κ1) is 17.6. The number of sulfonamides is 1. The minimum Gasteiger partial charge on any atom is -0.478 e. The van der Waals surface area contributed by atoms with Crippen LogP contribution in [0.2, 0.25) is 0 Å². The van der Waals surface area contributed by atoms with Gasteiger partial charge in [-0.3, -0.25) is 0 Å². The first-order valence-corrected chi connectivity index (χ1v) is 9.42. The first-order chi connectivity index (χ1) is 11.9. The molecule has 2 heterocycles. The van der Waals surface area contributed by atoms with Crippen LogP contribution in [0.1, 0.15) is 34.7 Å². The predicted molar refractivity (Wildman–Crippen MR) is 87.4 cm³/mol. The summed E-state index contributed by atoms with van der Waals surface area (Å²) < 4.78 is 42.4. The van der Waals surface area contributed by atoms with Crippen molar-refractivity contribution in [2.45, 2.75) is 37.1 Å². The van der Waals surface area contributed by atoms with Crippen molar-refractivity contribution in [2.24, 2.45) is 0 Å². The van der Waals surface area contributed by atoms with Gasteiger partial charge in [0.25, 0.3) is 0 Å². The highest BCUT2D eigenvalue weighted by atomic mass is 32.2. The van der Waals surface area contributed by atoms with Gasteiger partial charge in [-0.15, -0.1) is 0 Å². The van der Waals surface area contributed by atoms with E-state index in [9.17, 15) is 17.6 Å². The van der Waals surface area contributed by atoms with Crippen molar-refractivity contribution in [3.8, 4) is 0 Å². The average molecular weight is 367 g/mol. The molecule has 0 saturated heterocycles. The van der Waals surface area contributed by atoms with Gasteiger partial charge in [0.05, 0.1) is 16.2 Å². The van der Waals surface area contributed by atoms with E-state index in [-0.39, 0.29) is 11.4 Å². The molecular formula is C16H18FN3O4S. The number of imidazole rings is 1. The Morgan fingerprint density at radius 2 is 2.16 bits per heavy atom. The summed E-state index contributed by atoms with van der Waals surface area (Å²) in [7, 11) is -3.92. The van der Waals surface area contributed by atoms with E-state index in [0.29, 0.717) is 6.42 Å². The second-order valence-electron chi connectivity index (χ2n) is 5.89. The Kier molecular flexibility index (Phi) is 4.87. The lowest BCUT2D eigenvalue weighted by Crippen LogP contribution is -2.26. The van der Waals surface area contributed by atoms with E-state index in [0.717, 1.165) is 55.5 Å². The van der Waals surface area contributed by atoms with Crippen LogP contribution in [0.5, 0.6) is 0 Å². The van der Waals surface area contributed by atoms with Crippen molar-refractivity contribution in [2.75, 3.05) is 6.54 Å². The zero-order valence-electron chi connectivity index (χ0n) is 13.4. The average Bonchev–Trinajstić information content (AvgIpc) is 2.97. The van der Waals surface area contributed by atoms with Gasteiger partial charge in [-0.05, 0) is 31.0 Å². The Bertz CT molecular complexity index is 885. The molecule has 1 aromatic carbocycles. The van der Waals surface area contributed by atoms with Crippen molar-refractivity contribution < 1.29 is 22.7 Å². The molecular weight excluding hydrogens is 349 g/mol. The molecule has 25 heavy (non-hydrogen) atoms. The Hall–Kier alpha value is -2.26. The summed E-state index contributed by atoms with van der Waals surface area (Å²) in [5.74, 6) is -1.47. The number of nitrogens with one attached hydrogen (secondary N) is 1. The van der Waals surface area contributed by atoms with Gasteiger partial charge in [-0.1, -0.05) is 0 Å². The van der Waals surface area contributed by atoms with Crippen LogP contribution in [-0.2, 0) is 29.4 Å². The van der Waals surface area contributed by atoms with Crippen LogP contribution in [0.15, 0.2) is 29.3 Å². The van der Waals surface area contributed by atoms with Crippen molar-refractivity contribution in [1.82, 2.24) is 14.3 Å². The molecule has 0 bridgehead atoms. The maximum Gasteiger partial charge on any atom is 0.338 e. The largest absolute Gasteiger partial charge is 0.478 e. The molecule has 7 nitrogen and oxygen atoms in total. The molecule has 0 spiro atoms. The highest BCUT2D eigenvalue weighted by molar-refractivity contribution is 7.89. The third kappa shape index (κ3) is 3.88. The summed E-state index contributed by atoms with van der Waals surface area (Å²) in [4.78, 5) is 15.1. The first-order valence-electron chi connectivity index (χ1n) is 7.94. The van der Waals surface area contributed by atoms with Crippen molar-refractivity contribution in [1.29, 1.82) is 0 Å². The number of hydrogen-bond acceptors (Lipinski definition) is 4. The minimum absolute atomic E-state index is 0.124. The number of carboxylic acids is 1. The smallest absolute Gasteiger partial charge is 0.338 e. The number of fused-ring (bicyclic) bond motifs is 1. The topological polar surface area (TPSA) is 101 Å². The van der Waals surface area contributed by atoms with Crippen LogP contribution in [0, 0.1) is 5.82 Å². The van der Waals surface area contributed by atoms with Crippen molar-refractivity contribution in [3.05, 3.63) is 47.3 Å². The third-order valence-corrected chi connectivity index (χ3v) is 5.57. The molecule has 1 aliphatic heterocycles. The van der Waals surface area contributed by atoms with E-state index in [1.165, 1.54) is 0 Å². The lowest BCUT2D eigenvalue weighted by Gasteiger charge is -2.11. The molecule has 0 radical (unpaired) electrons. The summed E-state index contributed by atoms with van der Waals surface area (Å²) in [6.07, 6.45) is 5.51. The summed E-state index contributed by atoms with van der Waals surface area (Å²) in [5, 5.41) is 8.89. The number of carboxylic acid groups (broad SMARTS) is 1. The molecule has 0 fully saturated rings. The maximum absolute atomic E-state index is 13.4. The summed E-state index contributed by atoms with van der Waals surface area (Å²) in [6, 6.07) is 2.69. The van der Waals surface area contributed by atoms with Gasteiger partial charge in [0, 0.05) is 32.1 Å². The fourth-order valence-corrected chi connectivity index (χ4v) is 3.88. The molecule has 0 unspecified atom stereocenters. The Labute approximate surface area is 144 Å². The third-order valence-electron chi connectivity index (χ3n) is 4.11. The molecule has 0 saturated carbocycles. The molecule has 2 N–H and O–H groups in total. The van der Waals surface area contributed by atoms with Gasteiger partial charge in [0.1, 0.15) is 11.6 Å². The second-order valence-corrected chi connectivity index (χ2v) is 7.66. The molecule has 134 valence electrons. The van der Waals surface area contributed by atoms with E-state index in [2.05, 4.69) is 14.3 Å². The van der Waals surface area contributed by atoms with E-state index < -0.39 is 27.4 Å². The van der Waals surface area contributed by atoms with Gasteiger partial charge in [0.15, 0.2) is 0 Å². The van der Waals surface area contributed by atoms with Gasteiger partial charge in [-0.25, -0.2) is 27.3 Å². The summed E-state index contributed by atoms with van der Waals surface area (Å²) in [6.45, 7) is 1.06. The van der Waals surface area contributed by atoms with E-state index in [1.807, 2.05) is 6.20 Å². The van der Waals surface area contributed by atoms with E-state index in [4.69, 9.17) is 5.11 Å². The van der Waals surface area contributed by atoms with Gasteiger partial charge >= 0.3 is 5.97 Å². The normalized spacial score (nSPS) is 14.3. The maximum atomic E-state index is 13.4. The van der Waals surface area contributed by atoms with Crippen molar-refractivity contribution >= 4 is 16.0 Å². The fraction of sp³-hybridized carbons (Fsp3) is 0.375. The van der Waals surface area contributed by atoms with E-state index >= 15 is 0 Å². The lowest BCUT2D eigenvalue weighted by molar-refractivity contribution is 0.0691. The summed E-state index contributed by atoms with van der Waals surface area (Å²) >= 11 is 0. The Balaban J connectivity index is 1.67. The molecule has 1 aliphatic rings. The molecule has 0 amide bonds. The number of rotatable bonds is 6. The van der Waals surface area contributed by atoms with Crippen LogP contribution in [0.4, 0.5) is 4.39 Å². The molecule has 3 rings (SSSR count). The summed E-state index contributed by atoms with van der Waals surface area (Å²) in [5.41, 5.74) is 0.134. The zero-order valence-corrected chi connectivity index (χ0v) is 14.2. The van der Waals surface area contributed by atoms with Crippen LogP contribution in [0.3, 0.4) is 0 Å². The number of aromatic nitrogens is 2. The molecule has 0 aliphatic carbocycles. The number of halogens is 1. The fourth-order valence-electron chi connectivity index (χ4n) is 2.82. The van der Waals surface area contributed by atoms with Crippen LogP contribution < -0.4 is 4.72 Å². The standard InChI is InChI=1S/C16H18FN3O4S/c17-14-5-4-12(9-13(14)16(21)22)25(23,24)18-7-6-11-10-20-8-2-1-3-15(20)19-11/h4-5,9-10,18H,1-3,6-8H2,(H,21,22). The minimum atomic E-state index is -3.92. The SMILES string of the molecule is O=C(O)c1cc(S(=O)(=O)NCCc2cn3c(n2)CCCC3)ccc1F. The van der Waals surface area contributed by atoms with Crippen LogP contribution in [-0.4, -0.2) is 35.6 Å². The highest BCUT2D eigenvalue weighted by Gasteiger charge is 2.19. The number of nitrogens with zero attached hydrogens (tertiary/aromatic N) is 2. The Morgan fingerprint density at radius 1 is 1.36 bits per heavy atom. The molecule has 0 atom stereocenters. The number of carbonyl (C=O) groups is 1.